The molecule has 2 aromatic rings. The lowest BCUT2D eigenvalue weighted by Crippen LogP contribution is -2.40. The molecule has 0 spiro atoms. The van der Waals surface area contributed by atoms with Crippen LogP contribution < -0.4 is 15.4 Å². The predicted octanol–water partition coefficient (Wildman–Crippen LogP) is 3.78. The zero-order valence-corrected chi connectivity index (χ0v) is 16.3. The van der Waals surface area contributed by atoms with E-state index in [0.717, 1.165) is 15.8 Å². The van der Waals surface area contributed by atoms with Crippen molar-refractivity contribution in [2.45, 2.75) is 26.3 Å². The minimum Gasteiger partial charge on any atom is -0.492 e. The van der Waals surface area contributed by atoms with Crippen molar-refractivity contribution in [3.63, 3.8) is 0 Å². The fourth-order valence-electron chi connectivity index (χ4n) is 2.85. The van der Waals surface area contributed by atoms with Crippen LogP contribution in [0, 0.1) is 5.92 Å². The van der Waals surface area contributed by atoms with Gasteiger partial charge in [-0.25, -0.2) is 0 Å². The molecule has 3 rings (SSSR count). The highest BCUT2D eigenvalue weighted by atomic mass is 79.9. The number of halogens is 1. The standard InChI is InChI=1S/C20H21BrN2O3/c1-12(2)22-20(25)15-9-14-10-17(7-8-18(14)26-11-15)23-19(24)13-3-5-16(21)6-4-13/h3-8,10,12,15H,9,11H2,1-2H3,(H,22,25)(H,23,24)/t15-/m1/s1. The van der Waals surface area contributed by atoms with E-state index >= 15 is 0 Å². The van der Waals surface area contributed by atoms with E-state index in [-0.39, 0.29) is 23.8 Å². The Bertz CT molecular complexity index is 818. The lowest BCUT2D eigenvalue weighted by Gasteiger charge is -2.26. The van der Waals surface area contributed by atoms with Gasteiger partial charge >= 0.3 is 0 Å². The summed E-state index contributed by atoms with van der Waals surface area (Å²) >= 11 is 3.36. The van der Waals surface area contributed by atoms with Crippen molar-refractivity contribution in [3.8, 4) is 5.75 Å². The Kier molecular flexibility index (Phi) is 5.61. The molecule has 0 saturated carbocycles. The van der Waals surface area contributed by atoms with Crippen molar-refractivity contribution >= 4 is 33.4 Å². The summed E-state index contributed by atoms with van der Waals surface area (Å²) in [5.41, 5.74) is 2.19. The average molecular weight is 417 g/mol. The lowest BCUT2D eigenvalue weighted by atomic mass is 9.95. The summed E-state index contributed by atoms with van der Waals surface area (Å²) in [5, 5.41) is 5.82. The van der Waals surface area contributed by atoms with Crippen molar-refractivity contribution in [2.24, 2.45) is 5.92 Å². The highest BCUT2D eigenvalue weighted by molar-refractivity contribution is 9.10. The van der Waals surface area contributed by atoms with Gasteiger partial charge in [-0.15, -0.1) is 0 Å². The number of amides is 2. The second-order valence-corrected chi connectivity index (χ2v) is 7.57. The Morgan fingerprint density at radius 3 is 2.58 bits per heavy atom. The van der Waals surface area contributed by atoms with Gasteiger partial charge in [0.15, 0.2) is 0 Å². The molecule has 0 saturated heterocycles. The Hall–Kier alpha value is -2.34. The Morgan fingerprint density at radius 2 is 1.88 bits per heavy atom. The highest BCUT2D eigenvalue weighted by Gasteiger charge is 2.26. The van der Waals surface area contributed by atoms with Crippen LogP contribution in [0.5, 0.6) is 5.75 Å². The van der Waals surface area contributed by atoms with Gasteiger partial charge in [-0.1, -0.05) is 15.9 Å². The quantitative estimate of drug-likeness (QED) is 0.796. The molecular weight excluding hydrogens is 396 g/mol. The van der Waals surface area contributed by atoms with Crippen LogP contribution in [0.15, 0.2) is 46.9 Å². The van der Waals surface area contributed by atoms with Gasteiger partial charge in [0, 0.05) is 21.8 Å². The van der Waals surface area contributed by atoms with Gasteiger partial charge in [0.2, 0.25) is 5.91 Å². The third-order valence-electron chi connectivity index (χ3n) is 4.13. The van der Waals surface area contributed by atoms with Crippen LogP contribution in [0.2, 0.25) is 0 Å². The van der Waals surface area contributed by atoms with Crippen molar-refractivity contribution in [3.05, 3.63) is 58.1 Å². The summed E-state index contributed by atoms with van der Waals surface area (Å²) in [6.45, 7) is 4.24. The molecule has 136 valence electrons. The fraction of sp³-hybridized carbons (Fsp3) is 0.300. The average Bonchev–Trinajstić information content (AvgIpc) is 2.61. The number of carbonyl (C=O) groups excluding carboxylic acids is 2. The van der Waals surface area contributed by atoms with Gasteiger partial charge in [-0.2, -0.15) is 0 Å². The number of hydrogen-bond donors (Lipinski definition) is 2. The molecule has 0 radical (unpaired) electrons. The number of anilines is 1. The first kappa shape index (κ1) is 18.5. The first-order valence-corrected chi connectivity index (χ1v) is 9.34. The Morgan fingerprint density at radius 1 is 1.15 bits per heavy atom. The van der Waals surface area contributed by atoms with E-state index in [4.69, 9.17) is 4.74 Å². The van der Waals surface area contributed by atoms with Crippen LogP contribution in [0.25, 0.3) is 0 Å². The molecule has 5 nitrogen and oxygen atoms in total. The molecule has 26 heavy (non-hydrogen) atoms. The van der Waals surface area contributed by atoms with E-state index in [0.29, 0.717) is 24.3 Å². The zero-order valence-electron chi connectivity index (χ0n) is 14.7. The third-order valence-corrected chi connectivity index (χ3v) is 4.66. The summed E-state index contributed by atoms with van der Waals surface area (Å²) in [5.74, 6) is 0.362. The Balaban J connectivity index is 1.71. The molecule has 1 atom stereocenters. The van der Waals surface area contributed by atoms with Crippen molar-refractivity contribution in [2.75, 3.05) is 11.9 Å². The first-order valence-electron chi connectivity index (χ1n) is 8.55. The molecule has 2 N–H and O–H groups in total. The molecule has 6 heteroatoms. The molecule has 2 amide bonds. The summed E-state index contributed by atoms with van der Waals surface area (Å²) < 4.78 is 6.64. The predicted molar refractivity (Wildman–Crippen MR) is 105 cm³/mol. The number of fused-ring (bicyclic) bond motifs is 1. The molecule has 0 unspecified atom stereocenters. The molecule has 1 heterocycles. The second kappa shape index (κ2) is 7.91. The molecule has 0 fully saturated rings. The Labute approximate surface area is 161 Å². The van der Waals surface area contributed by atoms with Crippen molar-refractivity contribution in [1.29, 1.82) is 0 Å². The van der Waals surface area contributed by atoms with E-state index < -0.39 is 0 Å². The number of carbonyl (C=O) groups is 2. The molecule has 0 aromatic heterocycles. The topological polar surface area (TPSA) is 67.4 Å². The van der Waals surface area contributed by atoms with Crippen LogP contribution in [0.1, 0.15) is 29.8 Å². The largest absolute Gasteiger partial charge is 0.492 e. The van der Waals surface area contributed by atoms with Crippen LogP contribution >= 0.6 is 15.9 Å². The minimum atomic E-state index is -0.220. The van der Waals surface area contributed by atoms with Gasteiger partial charge in [-0.05, 0) is 68.3 Å². The molecular formula is C20H21BrN2O3. The molecule has 2 aromatic carbocycles. The molecule has 1 aliphatic heterocycles. The van der Waals surface area contributed by atoms with Gasteiger partial charge in [-0.3, -0.25) is 9.59 Å². The maximum Gasteiger partial charge on any atom is 0.255 e. The van der Waals surface area contributed by atoms with E-state index in [1.165, 1.54) is 0 Å². The fourth-order valence-corrected chi connectivity index (χ4v) is 3.11. The summed E-state index contributed by atoms with van der Waals surface area (Å²) in [4.78, 5) is 24.6. The van der Waals surface area contributed by atoms with E-state index in [1.54, 1.807) is 12.1 Å². The minimum absolute atomic E-state index is 0.00467. The van der Waals surface area contributed by atoms with Gasteiger partial charge in [0.1, 0.15) is 12.4 Å². The summed E-state index contributed by atoms with van der Waals surface area (Å²) in [6, 6.07) is 12.8. The maximum absolute atomic E-state index is 12.4. The number of hydrogen-bond acceptors (Lipinski definition) is 3. The van der Waals surface area contributed by atoms with Crippen molar-refractivity contribution < 1.29 is 14.3 Å². The lowest BCUT2D eigenvalue weighted by molar-refractivity contribution is -0.126. The molecule has 0 bridgehead atoms. The molecule has 0 aliphatic carbocycles. The first-order chi connectivity index (χ1) is 12.4. The van der Waals surface area contributed by atoms with Crippen LogP contribution in [0.4, 0.5) is 5.69 Å². The number of nitrogens with one attached hydrogen (secondary N) is 2. The van der Waals surface area contributed by atoms with Crippen LogP contribution in [-0.2, 0) is 11.2 Å². The van der Waals surface area contributed by atoms with E-state index in [1.807, 2.05) is 44.2 Å². The number of benzene rings is 2. The smallest absolute Gasteiger partial charge is 0.255 e. The van der Waals surface area contributed by atoms with Crippen LogP contribution in [0.3, 0.4) is 0 Å². The number of ether oxygens (including phenoxy) is 1. The number of rotatable bonds is 4. The van der Waals surface area contributed by atoms with E-state index in [2.05, 4.69) is 26.6 Å². The molecule has 1 aliphatic rings. The SMILES string of the molecule is CC(C)NC(=O)[C@H]1COc2ccc(NC(=O)c3ccc(Br)cc3)cc2C1. The third kappa shape index (κ3) is 4.43. The zero-order chi connectivity index (χ0) is 18.7. The van der Waals surface area contributed by atoms with Gasteiger partial charge < -0.3 is 15.4 Å². The van der Waals surface area contributed by atoms with E-state index in [9.17, 15) is 9.59 Å². The van der Waals surface area contributed by atoms with Gasteiger partial charge in [0.05, 0.1) is 5.92 Å². The monoisotopic (exact) mass is 416 g/mol. The van der Waals surface area contributed by atoms with Crippen molar-refractivity contribution in [1.82, 2.24) is 5.32 Å². The highest BCUT2D eigenvalue weighted by Crippen LogP contribution is 2.30. The second-order valence-electron chi connectivity index (χ2n) is 6.66. The van der Waals surface area contributed by atoms with Gasteiger partial charge in [0.25, 0.3) is 5.91 Å². The summed E-state index contributed by atoms with van der Waals surface area (Å²) in [6.07, 6.45) is 0.593. The normalized spacial score (nSPS) is 15.8. The van der Waals surface area contributed by atoms with Crippen LogP contribution in [-0.4, -0.2) is 24.5 Å². The summed E-state index contributed by atoms with van der Waals surface area (Å²) in [7, 11) is 0. The maximum atomic E-state index is 12.4.